The third kappa shape index (κ3) is 5.69. The minimum Gasteiger partial charge on any atom is -0.453 e. The van der Waals surface area contributed by atoms with Crippen LogP contribution in [0, 0.1) is 62.3 Å². The fourth-order valence-corrected chi connectivity index (χ4v) is 8.14. The summed E-state index contributed by atoms with van der Waals surface area (Å²) in [5.74, 6) is 0. The number of rotatable bonds is 6. The van der Waals surface area contributed by atoms with Crippen LogP contribution in [0.1, 0.15) is 80.2 Å². The Hall–Kier alpha value is -6.38. The number of aryl methyl sites for hydroxylation is 3. The second-order valence-corrected chi connectivity index (χ2v) is 14.3. The van der Waals surface area contributed by atoms with Crippen LogP contribution in [0.5, 0.6) is 0 Å². The van der Waals surface area contributed by atoms with E-state index in [2.05, 4.69) is 0 Å². The molecule has 280 valence electrons. The highest BCUT2D eigenvalue weighted by Crippen LogP contribution is 2.52. The summed E-state index contributed by atoms with van der Waals surface area (Å²) in [5.41, 5.74) is 0.406. The van der Waals surface area contributed by atoms with Gasteiger partial charge in [-0.2, -0.15) is 0 Å². The summed E-state index contributed by atoms with van der Waals surface area (Å²) in [6.45, 7) is 14.4. The van der Waals surface area contributed by atoms with Gasteiger partial charge in [0.2, 0.25) is 0 Å². The van der Waals surface area contributed by atoms with Crippen LogP contribution in [0.3, 0.4) is 0 Å². The van der Waals surface area contributed by atoms with Gasteiger partial charge in [-0.15, -0.1) is 0 Å². The third-order valence-corrected chi connectivity index (χ3v) is 11.0. The lowest BCUT2D eigenvalue weighted by molar-refractivity contribution is 0.672. The fraction of sp³-hybridized carbons (Fsp3) is 0.164. The quantitative estimate of drug-likeness (QED) is 0.168. The van der Waals surface area contributed by atoms with Crippen molar-refractivity contribution in [2.45, 2.75) is 62.3 Å². The fourth-order valence-electron chi connectivity index (χ4n) is 8.14. The molecule has 2 heteroatoms. The first-order valence-electron chi connectivity index (χ1n) is 29.3. The highest BCUT2D eigenvalue weighted by molar-refractivity contribution is 6.24. The molecule has 9 rings (SSSR count). The van der Waals surface area contributed by atoms with Crippen molar-refractivity contribution in [3.8, 4) is 33.4 Å². The Morgan fingerprint density at radius 1 is 0.421 bits per heavy atom. The molecule has 0 aliphatic rings. The van der Waals surface area contributed by atoms with Crippen LogP contribution < -0.4 is 4.90 Å². The molecule has 1 heterocycles. The number of furan rings is 1. The van der Waals surface area contributed by atoms with Gasteiger partial charge in [0.25, 0.3) is 0 Å². The molecule has 0 amide bonds. The van der Waals surface area contributed by atoms with Crippen LogP contribution in [-0.4, -0.2) is 0 Å². The highest BCUT2D eigenvalue weighted by Gasteiger charge is 2.29. The summed E-state index contributed by atoms with van der Waals surface area (Å²) >= 11 is 0. The molecule has 57 heavy (non-hydrogen) atoms. The molecule has 9 aromatic rings. The minimum atomic E-state index is -0.842. The standard InChI is InChI=1S/C55H49NO/c1-32-30-45-52-40(9)51(42-23-14-11-15-24-42)48-34(3)28-29-35(4)49(48)55(52)57-54(45)47(31-32)56(46-27-19-18-26-44(46)41-21-12-10-13-22-41)53-38(7)36(5)50(37(6)39(53)8)43-25-17-16-20-33(43)2/h10-31H,1-9H3/i10D,11D,12D,13D,14D,15D,16D,17D,18D,19D,20D,21D,22D,23D,24D,25D,26D,27D,28D,29D,30D,31D. The Morgan fingerprint density at radius 3 is 1.65 bits per heavy atom. The van der Waals surface area contributed by atoms with Crippen LogP contribution in [-0.2, 0) is 0 Å². The smallest absolute Gasteiger partial charge is 0.159 e. The second kappa shape index (κ2) is 14.0. The van der Waals surface area contributed by atoms with Crippen molar-refractivity contribution >= 4 is 49.8 Å². The van der Waals surface area contributed by atoms with E-state index in [1.807, 2.05) is 0 Å². The highest BCUT2D eigenvalue weighted by atomic mass is 16.3. The summed E-state index contributed by atoms with van der Waals surface area (Å²) in [7, 11) is 0. The van der Waals surface area contributed by atoms with Crippen molar-refractivity contribution in [2.24, 2.45) is 0 Å². The molecule has 0 fully saturated rings. The lowest BCUT2D eigenvalue weighted by atomic mass is 9.85. The van der Waals surface area contributed by atoms with Crippen molar-refractivity contribution in [1.82, 2.24) is 0 Å². The van der Waals surface area contributed by atoms with E-state index >= 15 is 0 Å². The Balaban J connectivity index is 1.61. The SMILES string of the molecule is [2H]c1c([2H])c([2H])c(-c2c([2H])c([2H])c([2H])c([2H])c2N(c2c(C)c(C)c(-c3c([2H])c([2H])c([2H])c([2H])c3C)c(C)c2C)c2c([2H])c(C)c([2H])c3c2oc2c4c(C)c([2H])c([2H])c(C)c4c(-c4c([2H])c([2H])c([2H])c([2H])c4[2H])c(C)c23)c([2H])c1[2H]. The number of hydrogen-bond acceptors (Lipinski definition) is 2. The number of hydrogen-bond donors (Lipinski definition) is 0. The molecule has 0 aliphatic carbocycles. The van der Waals surface area contributed by atoms with E-state index in [-0.39, 0.29) is 119 Å². The summed E-state index contributed by atoms with van der Waals surface area (Å²) in [6, 6.07) is -13.3. The number of anilines is 3. The van der Waals surface area contributed by atoms with Gasteiger partial charge in [-0.1, -0.05) is 115 Å². The van der Waals surface area contributed by atoms with Gasteiger partial charge in [-0.25, -0.2) is 0 Å². The topological polar surface area (TPSA) is 16.4 Å². The van der Waals surface area contributed by atoms with Crippen LogP contribution in [0.15, 0.2) is 137 Å². The summed E-state index contributed by atoms with van der Waals surface area (Å²) in [4.78, 5) is 1.29. The predicted molar refractivity (Wildman–Crippen MR) is 245 cm³/mol. The zero-order chi connectivity index (χ0) is 58.8. The number of benzene rings is 8. The zero-order valence-corrected chi connectivity index (χ0v) is 32.9. The number of para-hydroxylation sites is 1. The largest absolute Gasteiger partial charge is 0.453 e. The van der Waals surface area contributed by atoms with Gasteiger partial charge in [-0.3, -0.25) is 0 Å². The van der Waals surface area contributed by atoms with Crippen LogP contribution in [0.25, 0.3) is 66.1 Å². The normalized spacial score (nSPS) is 17.0. The Morgan fingerprint density at radius 2 is 0.982 bits per heavy atom. The molecule has 0 radical (unpaired) electrons. The maximum Gasteiger partial charge on any atom is 0.159 e. The molecule has 0 saturated heterocycles. The summed E-state index contributed by atoms with van der Waals surface area (Å²) in [6.07, 6.45) is 0. The van der Waals surface area contributed by atoms with Crippen LogP contribution in [0.4, 0.5) is 17.1 Å². The van der Waals surface area contributed by atoms with Gasteiger partial charge >= 0.3 is 0 Å². The average Bonchev–Trinajstić information content (AvgIpc) is 3.81. The molecule has 0 saturated carbocycles. The van der Waals surface area contributed by atoms with Crippen LogP contribution >= 0.6 is 0 Å². The van der Waals surface area contributed by atoms with E-state index in [1.165, 1.54) is 11.8 Å². The van der Waals surface area contributed by atoms with E-state index in [1.54, 1.807) is 55.4 Å². The molecule has 0 spiro atoms. The van der Waals surface area contributed by atoms with Crippen molar-refractivity contribution in [1.29, 1.82) is 0 Å². The monoisotopic (exact) mass is 762 g/mol. The zero-order valence-electron chi connectivity index (χ0n) is 54.9. The lowest BCUT2D eigenvalue weighted by Crippen LogP contribution is -2.16. The van der Waals surface area contributed by atoms with Gasteiger partial charge in [-0.05, 0) is 164 Å². The van der Waals surface area contributed by atoms with Gasteiger partial charge in [0, 0.05) is 21.7 Å². The van der Waals surface area contributed by atoms with Gasteiger partial charge in [0.05, 0.1) is 47.2 Å². The molecular weight excluding hydrogens is 691 g/mol. The lowest BCUT2D eigenvalue weighted by Gasteiger charge is -2.33. The van der Waals surface area contributed by atoms with E-state index in [9.17, 15) is 13.7 Å². The first-order valence-corrected chi connectivity index (χ1v) is 18.3. The van der Waals surface area contributed by atoms with E-state index < -0.39 is 120 Å². The van der Waals surface area contributed by atoms with Crippen molar-refractivity contribution in [3.05, 3.63) is 183 Å². The second-order valence-electron chi connectivity index (χ2n) is 14.3. The van der Waals surface area contributed by atoms with Crippen LogP contribution in [0.2, 0.25) is 0 Å². The predicted octanol–water partition coefficient (Wildman–Crippen LogP) is 16.0. The average molecular weight is 762 g/mol. The summed E-state index contributed by atoms with van der Waals surface area (Å²) in [5, 5.41) is 0.448. The Labute approximate surface area is 368 Å². The molecule has 2 nitrogen and oxygen atoms in total. The third-order valence-electron chi connectivity index (χ3n) is 11.0. The molecule has 0 aliphatic heterocycles. The molecule has 0 N–H and O–H groups in total. The maximum atomic E-state index is 10.2. The minimum absolute atomic E-state index is 0.0157. The molecule has 0 atom stereocenters. The molecular formula is C55H49NO. The molecule has 0 unspecified atom stereocenters. The van der Waals surface area contributed by atoms with Gasteiger partial charge in [0.1, 0.15) is 5.58 Å². The molecule has 0 bridgehead atoms. The maximum absolute atomic E-state index is 10.2. The van der Waals surface area contributed by atoms with E-state index in [0.29, 0.717) is 27.8 Å². The molecule has 8 aromatic carbocycles. The Kier molecular flexibility index (Phi) is 4.70. The number of nitrogens with zero attached hydrogens (tertiary/aromatic N) is 1. The summed E-state index contributed by atoms with van der Waals surface area (Å²) < 4.78 is 207. The molecule has 1 aromatic heterocycles. The van der Waals surface area contributed by atoms with Gasteiger partial charge < -0.3 is 9.32 Å². The first-order chi connectivity index (χ1) is 36.7. The van der Waals surface area contributed by atoms with Gasteiger partial charge in [0.15, 0.2) is 5.58 Å². The van der Waals surface area contributed by atoms with Crippen molar-refractivity contribution in [3.63, 3.8) is 0 Å². The van der Waals surface area contributed by atoms with Crippen molar-refractivity contribution < 1.29 is 34.6 Å². The number of fused-ring (bicyclic) bond motifs is 5. The van der Waals surface area contributed by atoms with E-state index in [4.69, 9.17) is 20.9 Å². The Bertz CT molecular complexity index is 4210. The first kappa shape index (κ1) is 19.2. The van der Waals surface area contributed by atoms with Crippen molar-refractivity contribution in [2.75, 3.05) is 4.90 Å². The van der Waals surface area contributed by atoms with E-state index in [0.717, 1.165) is 0 Å².